The Balaban J connectivity index is 1.81. The van der Waals surface area contributed by atoms with Crippen molar-refractivity contribution in [2.45, 2.75) is 78.9 Å². The van der Waals surface area contributed by atoms with Crippen LogP contribution >= 0.6 is 0 Å². The smallest absolute Gasteiger partial charge is 0.308 e. The molecule has 0 aromatic carbocycles. The molecule has 0 radical (unpaired) electrons. The van der Waals surface area contributed by atoms with Gasteiger partial charge in [-0.2, -0.15) is 0 Å². The molecule has 2 rings (SSSR count). The zero-order valence-electron chi connectivity index (χ0n) is 13.9. The minimum atomic E-state index is -0.405. The van der Waals surface area contributed by atoms with Gasteiger partial charge in [-0.15, -0.1) is 0 Å². The van der Waals surface area contributed by atoms with Crippen LogP contribution in [0.1, 0.15) is 67.2 Å². The average Bonchev–Trinajstić information content (AvgIpc) is 2.59. The van der Waals surface area contributed by atoms with E-state index in [9.17, 15) is 4.79 Å². The lowest BCUT2D eigenvalue weighted by Gasteiger charge is -2.38. The molecule has 3 heteroatoms. The van der Waals surface area contributed by atoms with Gasteiger partial charge in [0.25, 0.3) is 0 Å². The number of hydrogen-bond donors (Lipinski definition) is 0. The first-order valence-corrected chi connectivity index (χ1v) is 7.90. The summed E-state index contributed by atoms with van der Waals surface area (Å²) in [4.78, 5) is 11.7. The van der Waals surface area contributed by atoms with Gasteiger partial charge in [-0.25, -0.2) is 0 Å². The quantitative estimate of drug-likeness (QED) is 0.732. The molecule has 3 unspecified atom stereocenters. The maximum absolute atomic E-state index is 11.7. The Hall–Kier alpha value is -0.570. The van der Waals surface area contributed by atoms with Gasteiger partial charge in [0, 0.05) is 0 Å². The van der Waals surface area contributed by atoms with E-state index in [1.165, 1.54) is 12.8 Å². The lowest BCUT2D eigenvalue weighted by Crippen LogP contribution is -2.37. The highest BCUT2D eigenvalue weighted by Gasteiger charge is 2.61. The normalized spacial score (nSPS) is 35.3. The predicted molar refractivity (Wildman–Crippen MR) is 79.4 cm³/mol. The van der Waals surface area contributed by atoms with Crippen LogP contribution in [0.2, 0.25) is 0 Å². The van der Waals surface area contributed by atoms with Gasteiger partial charge in [-0.1, -0.05) is 20.8 Å². The topological polar surface area (TPSA) is 35.5 Å². The van der Waals surface area contributed by atoms with Crippen molar-refractivity contribution in [2.75, 3.05) is 6.61 Å². The maximum Gasteiger partial charge on any atom is 0.308 e. The van der Waals surface area contributed by atoms with Crippen LogP contribution in [0.25, 0.3) is 0 Å². The first-order chi connectivity index (χ1) is 9.06. The van der Waals surface area contributed by atoms with E-state index < -0.39 is 5.60 Å². The highest BCUT2D eigenvalue weighted by molar-refractivity contribution is 5.69. The van der Waals surface area contributed by atoms with E-state index in [2.05, 4.69) is 20.8 Å². The lowest BCUT2D eigenvalue weighted by molar-refractivity contribution is -0.157. The van der Waals surface area contributed by atoms with Crippen molar-refractivity contribution >= 4 is 5.97 Å². The van der Waals surface area contributed by atoms with Crippen LogP contribution in [0, 0.1) is 16.7 Å². The second-order valence-corrected chi connectivity index (χ2v) is 8.31. The Kier molecular flexibility index (Phi) is 3.96. The Labute approximate surface area is 123 Å². The highest BCUT2D eigenvalue weighted by Crippen LogP contribution is 2.66. The summed E-state index contributed by atoms with van der Waals surface area (Å²) in [7, 11) is 0. The Morgan fingerprint density at radius 2 is 1.90 bits per heavy atom. The van der Waals surface area contributed by atoms with Gasteiger partial charge in [0.1, 0.15) is 5.60 Å². The third-order valence-electron chi connectivity index (χ3n) is 5.76. The zero-order chi connectivity index (χ0) is 15.2. The molecule has 0 heterocycles. The minimum Gasteiger partial charge on any atom is -0.460 e. The molecule has 20 heavy (non-hydrogen) atoms. The lowest BCUT2D eigenvalue weighted by atomic mass is 9.70. The molecule has 2 bridgehead atoms. The number of esters is 1. The molecule has 2 aliphatic rings. The molecule has 2 fully saturated rings. The highest BCUT2D eigenvalue weighted by atomic mass is 16.6. The van der Waals surface area contributed by atoms with Crippen LogP contribution in [0.5, 0.6) is 0 Å². The van der Waals surface area contributed by atoms with E-state index in [0.29, 0.717) is 24.5 Å². The van der Waals surface area contributed by atoms with Gasteiger partial charge in [0.2, 0.25) is 0 Å². The van der Waals surface area contributed by atoms with Crippen molar-refractivity contribution in [1.82, 2.24) is 0 Å². The van der Waals surface area contributed by atoms with Crippen LogP contribution in [0.15, 0.2) is 0 Å². The Morgan fingerprint density at radius 1 is 1.25 bits per heavy atom. The molecule has 0 aromatic rings. The van der Waals surface area contributed by atoms with E-state index in [1.54, 1.807) is 0 Å². The summed E-state index contributed by atoms with van der Waals surface area (Å²) in [6.45, 7) is 13.3. The van der Waals surface area contributed by atoms with Gasteiger partial charge >= 0.3 is 5.97 Å². The monoisotopic (exact) mass is 282 g/mol. The fraction of sp³-hybridized carbons (Fsp3) is 0.941. The summed E-state index contributed by atoms with van der Waals surface area (Å²) < 4.78 is 11.4. The SMILES string of the molecule is CC(C)(C)OC(=O)CCOC1CC2CCC1(C)C2(C)C. The fourth-order valence-electron chi connectivity index (χ4n) is 4.06. The zero-order valence-corrected chi connectivity index (χ0v) is 13.9. The Bertz CT molecular complexity index is 380. The summed E-state index contributed by atoms with van der Waals surface area (Å²) in [6.07, 6.45) is 4.39. The van der Waals surface area contributed by atoms with Gasteiger partial charge in [-0.3, -0.25) is 4.79 Å². The first-order valence-electron chi connectivity index (χ1n) is 7.90. The molecule has 3 nitrogen and oxygen atoms in total. The summed E-state index contributed by atoms with van der Waals surface area (Å²) >= 11 is 0. The number of rotatable bonds is 4. The van der Waals surface area contributed by atoms with Crippen LogP contribution in [-0.2, 0) is 14.3 Å². The molecular formula is C17H30O3. The number of fused-ring (bicyclic) bond motifs is 2. The summed E-state index contributed by atoms with van der Waals surface area (Å²) in [5, 5.41) is 0. The summed E-state index contributed by atoms with van der Waals surface area (Å²) in [6, 6.07) is 0. The largest absolute Gasteiger partial charge is 0.460 e. The molecular weight excluding hydrogens is 252 g/mol. The second kappa shape index (κ2) is 5.01. The van der Waals surface area contributed by atoms with Gasteiger partial charge in [-0.05, 0) is 56.8 Å². The summed E-state index contributed by atoms with van der Waals surface area (Å²) in [5.41, 5.74) is 0.229. The second-order valence-electron chi connectivity index (χ2n) is 8.31. The van der Waals surface area contributed by atoms with Crippen LogP contribution in [0.4, 0.5) is 0 Å². The first kappa shape index (κ1) is 15.8. The van der Waals surface area contributed by atoms with Crippen LogP contribution in [0.3, 0.4) is 0 Å². The van der Waals surface area contributed by atoms with Crippen molar-refractivity contribution in [3.63, 3.8) is 0 Å². The van der Waals surface area contributed by atoms with E-state index >= 15 is 0 Å². The van der Waals surface area contributed by atoms with E-state index in [-0.39, 0.29) is 11.4 Å². The standard InChI is InChI=1S/C17H30O3/c1-15(2,3)20-14(18)8-10-19-13-11-12-7-9-17(13,6)16(12,4)5/h12-13H,7-11H2,1-6H3. The molecule has 0 aliphatic heterocycles. The molecule has 3 atom stereocenters. The molecule has 0 aromatic heterocycles. The number of hydrogen-bond acceptors (Lipinski definition) is 3. The van der Waals surface area contributed by atoms with Crippen LogP contribution < -0.4 is 0 Å². The van der Waals surface area contributed by atoms with Gasteiger partial charge in [0.15, 0.2) is 0 Å². The number of ether oxygens (including phenoxy) is 2. The Morgan fingerprint density at radius 3 is 2.35 bits per heavy atom. The maximum atomic E-state index is 11.7. The molecule has 0 saturated heterocycles. The molecule has 116 valence electrons. The average molecular weight is 282 g/mol. The van der Waals surface area contributed by atoms with E-state index in [0.717, 1.165) is 12.3 Å². The molecule has 0 amide bonds. The third kappa shape index (κ3) is 2.74. The summed E-state index contributed by atoms with van der Waals surface area (Å²) in [5.74, 6) is 0.615. The minimum absolute atomic E-state index is 0.162. The number of carbonyl (C=O) groups is 1. The van der Waals surface area contributed by atoms with E-state index in [4.69, 9.17) is 9.47 Å². The molecule has 2 saturated carbocycles. The van der Waals surface area contributed by atoms with Crippen molar-refractivity contribution in [3.05, 3.63) is 0 Å². The van der Waals surface area contributed by atoms with Crippen molar-refractivity contribution < 1.29 is 14.3 Å². The number of carbonyl (C=O) groups excluding carboxylic acids is 1. The third-order valence-corrected chi connectivity index (χ3v) is 5.76. The van der Waals surface area contributed by atoms with Gasteiger partial charge < -0.3 is 9.47 Å². The molecule has 0 N–H and O–H groups in total. The van der Waals surface area contributed by atoms with Crippen molar-refractivity contribution in [3.8, 4) is 0 Å². The molecule has 2 aliphatic carbocycles. The van der Waals surface area contributed by atoms with Crippen molar-refractivity contribution in [1.29, 1.82) is 0 Å². The van der Waals surface area contributed by atoms with E-state index in [1.807, 2.05) is 20.8 Å². The predicted octanol–water partition coefficient (Wildman–Crippen LogP) is 3.95. The fourth-order valence-corrected chi connectivity index (χ4v) is 4.06. The van der Waals surface area contributed by atoms with Crippen LogP contribution in [-0.4, -0.2) is 24.3 Å². The molecule has 0 spiro atoms. The van der Waals surface area contributed by atoms with Gasteiger partial charge in [0.05, 0.1) is 19.1 Å². The van der Waals surface area contributed by atoms with Crippen molar-refractivity contribution in [2.24, 2.45) is 16.7 Å².